The number of aromatic nitrogens is 6. The van der Waals surface area contributed by atoms with E-state index in [1.807, 2.05) is 24.4 Å². The van der Waals surface area contributed by atoms with Gasteiger partial charge in [-0.25, -0.2) is 9.97 Å². The van der Waals surface area contributed by atoms with Crippen LogP contribution in [0.2, 0.25) is 0 Å². The molecule has 0 atom stereocenters. The molecule has 0 aromatic carbocycles. The molecule has 0 saturated carbocycles. The summed E-state index contributed by atoms with van der Waals surface area (Å²) in [4.78, 5) is 25.0. The van der Waals surface area contributed by atoms with Crippen LogP contribution in [0.3, 0.4) is 0 Å². The Hall–Kier alpha value is -3.46. The van der Waals surface area contributed by atoms with Crippen LogP contribution >= 0.6 is 11.3 Å². The average molecular weight is 363 g/mol. The van der Waals surface area contributed by atoms with E-state index in [2.05, 4.69) is 30.5 Å². The molecule has 0 fully saturated rings. The molecule has 8 nitrogen and oxygen atoms in total. The second-order valence-electron chi connectivity index (χ2n) is 5.35. The highest BCUT2D eigenvalue weighted by molar-refractivity contribution is 7.14. The molecule has 4 heterocycles. The molecule has 26 heavy (non-hydrogen) atoms. The quantitative estimate of drug-likeness (QED) is 0.599. The number of nitrogens with one attached hydrogen (secondary N) is 1. The standard InChI is InChI=1S/C17H13N7OS/c1-11-19-7-8-24(11)15-5-4-13(22-23-15)16(25)21-17-20-14(10-26-17)12-3-2-6-18-9-12/h2-10H,1H3,(H,20,21,25). The zero-order chi connectivity index (χ0) is 17.9. The molecule has 9 heteroatoms. The highest BCUT2D eigenvalue weighted by Crippen LogP contribution is 2.24. The second-order valence-corrected chi connectivity index (χ2v) is 6.21. The first-order valence-corrected chi connectivity index (χ1v) is 8.60. The van der Waals surface area contributed by atoms with E-state index in [4.69, 9.17) is 0 Å². The normalized spacial score (nSPS) is 10.7. The number of carbonyl (C=O) groups excluding carboxylic acids is 1. The SMILES string of the molecule is Cc1nccn1-c1ccc(C(=O)Nc2nc(-c3cccnc3)cs2)nn1. The number of rotatable bonds is 4. The Labute approximate surface area is 152 Å². The van der Waals surface area contributed by atoms with Gasteiger partial charge in [-0.15, -0.1) is 21.5 Å². The van der Waals surface area contributed by atoms with Crippen LogP contribution in [0, 0.1) is 6.92 Å². The maximum atomic E-state index is 12.3. The third-order valence-electron chi connectivity index (χ3n) is 3.64. The maximum Gasteiger partial charge on any atom is 0.277 e. The molecule has 1 N–H and O–H groups in total. The number of carbonyl (C=O) groups is 1. The lowest BCUT2D eigenvalue weighted by Gasteiger charge is -2.04. The fourth-order valence-corrected chi connectivity index (χ4v) is 3.05. The Balaban J connectivity index is 1.49. The first-order valence-electron chi connectivity index (χ1n) is 7.72. The van der Waals surface area contributed by atoms with Gasteiger partial charge >= 0.3 is 0 Å². The molecule has 0 aliphatic rings. The Kier molecular flexibility index (Phi) is 4.20. The van der Waals surface area contributed by atoms with Crippen LogP contribution in [0.25, 0.3) is 17.1 Å². The summed E-state index contributed by atoms with van der Waals surface area (Å²) in [5.74, 6) is 1.03. The third kappa shape index (κ3) is 3.20. The molecule has 0 aliphatic heterocycles. The Morgan fingerprint density at radius 3 is 2.81 bits per heavy atom. The van der Waals surface area contributed by atoms with Crippen molar-refractivity contribution >= 4 is 22.4 Å². The summed E-state index contributed by atoms with van der Waals surface area (Å²) < 4.78 is 1.79. The fraction of sp³-hybridized carbons (Fsp3) is 0.0588. The minimum Gasteiger partial charge on any atom is -0.296 e. The van der Waals surface area contributed by atoms with E-state index in [0.717, 1.165) is 17.1 Å². The number of anilines is 1. The van der Waals surface area contributed by atoms with Crippen LogP contribution in [-0.4, -0.2) is 35.6 Å². The van der Waals surface area contributed by atoms with Gasteiger partial charge in [0.25, 0.3) is 5.91 Å². The molecule has 0 radical (unpaired) electrons. The largest absolute Gasteiger partial charge is 0.296 e. The molecular weight excluding hydrogens is 350 g/mol. The molecule has 0 saturated heterocycles. The molecule has 0 bridgehead atoms. The smallest absolute Gasteiger partial charge is 0.277 e. The van der Waals surface area contributed by atoms with Crippen LogP contribution in [0.15, 0.2) is 54.4 Å². The monoisotopic (exact) mass is 363 g/mol. The summed E-state index contributed by atoms with van der Waals surface area (Å²) in [6, 6.07) is 7.09. The lowest BCUT2D eigenvalue weighted by Crippen LogP contribution is -2.15. The predicted molar refractivity (Wildman–Crippen MR) is 97.2 cm³/mol. The van der Waals surface area contributed by atoms with Crippen molar-refractivity contribution in [2.75, 3.05) is 5.32 Å². The van der Waals surface area contributed by atoms with E-state index in [-0.39, 0.29) is 11.6 Å². The number of thiazole rings is 1. The van der Waals surface area contributed by atoms with E-state index in [9.17, 15) is 4.79 Å². The molecule has 0 spiro atoms. The minimum absolute atomic E-state index is 0.213. The lowest BCUT2D eigenvalue weighted by molar-refractivity contribution is 0.102. The zero-order valence-electron chi connectivity index (χ0n) is 13.7. The van der Waals surface area contributed by atoms with Crippen molar-refractivity contribution < 1.29 is 4.79 Å². The van der Waals surface area contributed by atoms with Crippen LogP contribution in [-0.2, 0) is 0 Å². The average Bonchev–Trinajstić information content (AvgIpc) is 3.32. The topological polar surface area (TPSA) is 98.5 Å². The molecule has 4 rings (SSSR count). The van der Waals surface area contributed by atoms with Gasteiger partial charge in [0.2, 0.25) is 0 Å². The summed E-state index contributed by atoms with van der Waals surface area (Å²) >= 11 is 1.34. The number of hydrogen-bond donors (Lipinski definition) is 1. The number of pyridine rings is 1. The number of hydrogen-bond acceptors (Lipinski definition) is 7. The predicted octanol–water partition coefficient (Wildman–Crippen LogP) is 2.74. The van der Waals surface area contributed by atoms with Crippen molar-refractivity contribution in [2.45, 2.75) is 6.92 Å². The van der Waals surface area contributed by atoms with Crippen molar-refractivity contribution in [3.8, 4) is 17.1 Å². The third-order valence-corrected chi connectivity index (χ3v) is 4.40. The minimum atomic E-state index is -0.363. The van der Waals surface area contributed by atoms with Gasteiger partial charge in [-0.3, -0.25) is 19.7 Å². The van der Waals surface area contributed by atoms with Crippen molar-refractivity contribution in [1.82, 2.24) is 29.7 Å². The van der Waals surface area contributed by atoms with Crippen LogP contribution in [0.1, 0.15) is 16.3 Å². The first kappa shape index (κ1) is 16.0. The molecular formula is C17H13N7OS. The summed E-state index contributed by atoms with van der Waals surface area (Å²) in [6.45, 7) is 1.87. The van der Waals surface area contributed by atoms with Gasteiger partial charge in [-0.2, -0.15) is 0 Å². The highest BCUT2D eigenvalue weighted by Gasteiger charge is 2.12. The van der Waals surface area contributed by atoms with Crippen LogP contribution in [0.4, 0.5) is 5.13 Å². The molecule has 4 aromatic heterocycles. The van der Waals surface area contributed by atoms with E-state index >= 15 is 0 Å². The molecule has 0 aliphatic carbocycles. The lowest BCUT2D eigenvalue weighted by atomic mass is 10.2. The fourth-order valence-electron chi connectivity index (χ4n) is 2.33. The molecule has 0 unspecified atom stereocenters. The van der Waals surface area contributed by atoms with Gasteiger partial charge in [-0.1, -0.05) is 0 Å². The summed E-state index contributed by atoms with van der Waals surface area (Å²) in [6.07, 6.45) is 6.89. The van der Waals surface area contributed by atoms with Gasteiger partial charge in [0, 0.05) is 35.7 Å². The number of nitrogens with zero attached hydrogens (tertiary/aromatic N) is 6. The van der Waals surface area contributed by atoms with E-state index in [0.29, 0.717) is 10.9 Å². The van der Waals surface area contributed by atoms with E-state index < -0.39 is 0 Å². The Bertz CT molecular complexity index is 1040. The zero-order valence-corrected chi connectivity index (χ0v) is 14.5. The molecule has 4 aromatic rings. The number of amides is 1. The van der Waals surface area contributed by atoms with E-state index in [1.54, 1.807) is 41.5 Å². The van der Waals surface area contributed by atoms with E-state index in [1.165, 1.54) is 11.3 Å². The summed E-state index contributed by atoms with van der Waals surface area (Å²) in [5.41, 5.74) is 1.86. The van der Waals surface area contributed by atoms with Gasteiger partial charge in [0.1, 0.15) is 5.82 Å². The van der Waals surface area contributed by atoms with Crippen molar-refractivity contribution in [1.29, 1.82) is 0 Å². The van der Waals surface area contributed by atoms with Crippen molar-refractivity contribution in [3.05, 3.63) is 66.0 Å². The number of aryl methyl sites for hydroxylation is 1. The summed E-state index contributed by atoms with van der Waals surface area (Å²) in [5, 5.41) is 13.2. The van der Waals surface area contributed by atoms with Crippen molar-refractivity contribution in [3.63, 3.8) is 0 Å². The molecule has 1 amide bonds. The summed E-state index contributed by atoms with van der Waals surface area (Å²) in [7, 11) is 0. The second kappa shape index (κ2) is 6.81. The van der Waals surface area contributed by atoms with Gasteiger partial charge < -0.3 is 0 Å². The number of imidazole rings is 1. The van der Waals surface area contributed by atoms with Crippen molar-refractivity contribution in [2.24, 2.45) is 0 Å². The van der Waals surface area contributed by atoms with Crippen LogP contribution < -0.4 is 5.32 Å². The van der Waals surface area contributed by atoms with Gasteiger partial charge in [0.15, 0.2) is 16.6 Å². The first-order chi connectivity index (χ1) is 12.7. The van der Waals surface area contributed by atoms with Gasteiger partial charge in [0.05, 0.1) is 5.69 Å². The highest BCUT2D eigenvalue weighted by atomic mass is 32.1. The maximum absolute atomic E-state index is 12.3. The Morgan fingerprint density at radius 1 is 1.19 bits per heavy atom. The van der Waals surface area contributed by atoms with Crippen LogP contribution in [0.5, 0.6) is 0 Å². The molecule has 128 valence electrons. The Morgan fingerprint density at radius 2 is 2.12 bits per heavy atom. The van der Waals surface area contributed by atoms with Gasteiger partial charge in [-0.05, 0) is 31.2 Å².